The summed E-state index contributed by atoms with van der Waals surface area (Å²) < 4.78 is 10.5. The zero-order chi connectivity index (χ0) is 52.6. The maximum absolute atomic E-state index is 13.0. The number of nitrogens with two attached hydrogens (primary N) is 1. The van der Waals surface area contributed by atoms with Crippen molar-refractivity contribution >= 4 is 117 Å². The third-order valence-electron chi connectivity index (χ3n) is 11.5. The first-order valence-electron chi connectivity index (χ1n) is 23.0. The van der Waals surface area contributed by atoms with Gasteiger partial charge in [0, 0.05) is 78.6 Å². The Labute approximate surface area is 459 Å². The molecule has 5 N–H and O–H groups in total. The number of hydrogen-bond acceptors (Lipinski definition) is 15. The maximum atomic E-state index is 13.0. The van der Waals surface area contributed by atoms with E-state index in [2.05, 4.69) is 46.2 Å². The van der Waals surface area contributed by atoms with E-state index in [1.165, 1.54) is 18.2 Å². The van der Waals surface area contributed by atoms with Crippen molar-refractivity contribution in [3.8, 4) is 22.5 Å². The first-order chi connectivity index (χ1) is 35.0. The molecule has 0 radical (unpaired) electrons. The van der Waals surface area contributed by atoms with Crippen molar-refractivity contribution in [2.45, 2.75) is 65.5 Å². The Kier molecular flexibility index (Phi) is 22.5. The first-order valence-corrected chi connectivity index (χ1v) is 25.2. The van der Waals surface area contributed by atoms with E-state index in [1.54, 1.807) is 67.0 Å². The standard InChI is InChI=1S/C25H26Cl2N6O3.C21H23ClN6O2.C4H4Cl2O.ClH/c1-15-22(16(2)36-32-15)23-20(27)14-28-25(31-23)30-19-9-12-33(13-10-19)24(35)17-5-7-18(8-6-17)29-21(34)4-3-11-26;1-12-18(13(2)30-27-12)19-17(22)11-24-21(26-19)25-16-7-9-28(10-8-16)20(29)14-3-5-15(23)6-4-14;5-3-1-2-4(6)7;/h3-8,14,19H,9-13H2,1-2H3,(H,29,34)(H,28,30,31);3-6,11,16H,7-10,23H2,1-2H3,(H,24,25,26);1-2H,3H2;1H/b4-3+;;2-1+;. The molecule has 6 heterocycles. The van der Waals surface area contributed by atoms with Crippen LogP contribution in [0.4, 0.5) is 23.3 Å². The number of halogens is 6. The van der Waals surface area contributed by atoms with Crippen LogP contribution in [0.3, 0.4) is 0 Å². The number of carbonyl (C=O) groups excluding carboxylic acids is 4. The highest BCUT2D eigenvalue weighted by atomic mass is 35.5. The second-order valence-electron chi connectivity index (χ2n) is 16.7. The van der Waals surface area contributed by atoms with Crippen molar-refractivity contribution in [1.82, 2.24) is 40.0 Å². The molecule has 0 bridgehead atoms. The molecule has 8 rings (SSSR count). The second-order valence-corrected chi connectivity index (χ2v) is 18.5. The summed E-state index contributed by atoms with van der Waals surface area (Å²) in [6.45, 7) is 9.85. The molecule has 2 fully saturated rings. The molecule has 392 valence electrons. The number of hydrogen-bond donors (Lipinski definition) is 4. The average molecular weight is 1130 g/mol. The van der Waals surface area contributed by atoms with Crippen LogP contribution < -0.4 is 21.7 Å². The number of allylic oxidation sites excluding steroid dienone is 3. The third-order valence-corrected chi connectivity index (χ3v) is 12.5. The van der Waals surface area contributed by atoms with Crippen molar-refractivity contribution in [2.24, 2.45) is 0 Å². The molecule has 74 heavy (non-hydrogen) atoms. The van der Waals surface area contributed by atoms with E-state index in [0.717, 1.165) is 42.5 Å². The fourth-order valence-electron chi connectivity index (χ4n) is 7.84. The van der Waals surface area contributed by atoms with Crippen LogP contribution in [-0.4, -0.2) is 113 Å². The number of rotatable bonds is 13. The Balaban J connectivity index is 0.000000243. The molecule has 0 saturated carbocycles. The van der Waals surface area contributed by atoms with E-state index in [0.29, 0.717) is 105 Å². The maximum Gasteiger partial charge on any atom is 0.253 e. The lowest BCUT2D eigenvalue weighted by molar-refractivity contribution is -0.112. The zero-order valence-electron chi connectivity index (χ0n) is 40.7. The fraction of sp³-hybridized carbons (Fsp3) is 0.320. The van der Waals surface area contributed by atoms with Crippen LogP contribution in [0.5, 0.6) is 0 Å². The van der Waals surface area contributed by atoms with Crippen LogP contribution in [-0.2, 0) is 9.59 Å². The quantitative estimate of drug-likeness (QED) is 0.0364. The van der Waals surface area contributed by atoms with Crippen molar-refractivity contribution in [2.75, 3.05) is 59.6 Å². The zero-order valence-corrected chi connectivity index (χ0v) is 45.3. The number of anilines is 4. The number of aryl methyl sites for hydroxylation is 4. The van der Waals surface area contributed by atoms with Gasteiger partial charge in [-0.2, -0.15) is 0 Å². The van der Waals surface area contributed by atoms with Crippen molar-refractivity contribution in [3.63, 3.8) is 0 Å². The van der Waals surface area contributed by atoms with Crippen LogP contribution in [0.15, 0.2) is 94.3 Å². The SMILES string of the molecule is Cc1noc(C)c1-c1nc(NC2CCN(C(=O)c3ccc(N)cc3)CC2)ncc1Cl.Cc1noc(C)c1-c1nc(NC2CCN(C(=O)c3ccc(NC(=O)/C=C/CCl)cc3)CC2)ncc1Cl.Cl.O=C(Cl)/C=C/CCl. The Morgan fingerprint density at radius 3 is 1.43 bits per heavy atom. The molecule has 2 saturated heterocycles. The number of likely N-dealkylation sites (tertiary alicyclic amines) is 2. The van der Waals surface area contributed by atoms with E-state index >= 15 is 0 Å². The summed E-state index contributed by atoms with van der Waals surface area (Å²) >= 11 is 28.2. The molecule has 0 spiro atoms. The second kappa shape index (κ2) is 28.4. The van der Waals surface area contributed by atoms with Gasteiger partial charge < -0.3 is 40.5 Å². The largest absolute Gasteiger partial charge is 0.399 e. The molecule has 24 heteroatoms. The summed E-state index contributed by atoms with van der Waals surface area (Å²) in [7, 11) is 0. The summed E-state index contributed by atoms with van der Waals surface area (Å²) in [5.74, 6) is 2.58. The van der Waals surface area contributed by atoms with Gasteiger partial charge in [-0.05, 0) is 120 Å². The number of alkyl halides is 2. The molecule has 18 nitrogen and oxygen atoms in total. The van der Waals surface area contributed by atoms with Crippen molar-refractivity contribution < 1.29 is 28.2 Å². The Hall–Kier alpha value is -6.28. The van der Waals surface area contributed by atoms with E-state index < -0.39 is 5.24 Å². The van der Waals surface area contributed by atoms with Gasteiger partial charge in [-0.1, -0.05) is 45.7 Å². The molecule has 4 aromatic heterocycles. The normalized spacial score (nSPS) is 13.9. The molecule has 3 amide bonds. The van der Waals surface area contributed by atoms with Gasteiger partial charge in [0.05, 0.1) is 56.3 Å². The smallest absolute Gasteiger partial charge is 0.253 e. The van der Waals surface area contributed by atoms with E-state index in [9.17, 15) is 19.2 Å². The number of aromatic nitrogens is 6. The molecule has 0 atom stereocenters. The Morgan fingerprint density at radius 2 is 1.07 bits per heavy atom. The monoisotopic (exact) mass is 1130 g/mol. The summed E-state index contributed by atoms with van der Waals surface area (Å²) in [4.78, 5) is 68.7. The lowest BCUT2D eigenvalue weighted by Crippen LogP contribution is -2.42. The molecule has 6 aromatic rings. The minimum Gasteiger partial charge on any atom is -0.399 e. The summed E-state index contributed by atoms with van der Waals surface area (Å²) in [5.41, 5.74) is 12.4. The minimum absolute atomic E-state index is 0. The molecular weight excluding hydrogens is 1080 g/mol. The molecule has 0 unspecified atom stereocenters. The topological polar surface area (TPSA) is 240 Å². The van der Waals surface area contributed by atoms with Crippen molar-refractivity contribution in [1.29, 1.82) is 0 Å². The van der Waals surface area contributed by atoms with E-state index in [4.69, 9.17) is 72.8 Å². The Morgan fingerprint density at radius 1 is 0.662 bits per heavy atom. The van der Waals surface area contributed by atoms with Gasteiger partial charge in [0.25, 0.3) is 11.8 Å². The summed E-state index contributed by atoms with van der Waals surface area (Å²) in [6, 6.07) is 14.2. The fourth-order valence-corrected chi connectivity index (χ4v) is 8.48. The van der Waals surface area contributed by atoms with Gasteiger partial charge in [-0.15, -0.1) is 35.6 Å². The average Bonchev–Trinajstić information content (AvgIpc) is 3.91. The van der Waals surface area contributed by atoms with Crippen molar-refractivity contribution in [3.05, 3.63) is 129 Å². The third kappa shape index (κ3) is 16.4. The first kappa shape index (κ1) is 58.6. The predicted molar refractivity (Wildman–Crippen MR) is 293 cm³/mol. The number of amides is 3. The highest BCUT2D eigenvalue weighted by molar-refractivity contribution is 6.66. The highest BCUT2D eigenvalue weighted by Crippen LogP contribution is 2.33. The van der Waals surface area contributed by atoms with E-state index in [-0.39, 0.29) is 48.1 Å². The van der Waals surface area contributed by atoms with Gasteiger partial charge in [-0.25, -0.2) is 19.9 Å². The molecular formula is C50H54Cl6N12O6. The molecule has 2 aliphatic heterocycles. The lowest BCUT2D eigenvalue weighted by atomic mass is 10.0. The minimum atomic E-state index is -0.486. The van der Waals surface area contributed by atoms with E-state index in [1.807, 2.05) is 37.5 Å². The van der Waals surface area contributed by atoms with Crippen LogP contribution in [0, 0.1) is 27.7 Å². The van der Waals surface area contributed by atoms with Crippen LogP contribution >= 0.6 is 70.4 Å². The predicted octanol–water partition coefficient (Wildman–Crippen LogP) is 10.5. The number of nitrogens with zero attached hydrogens (tertiary/aromatic N) is 8. The van der Waals surface area contributed by atoms with Crippen LogP contribution in [0.1, 0.15) is 69.3 Å². The highest BCUT2D eigenvalue weighted by Gasteiger charge is 2.27. The van der Waals surface area contributed by atoms with Gasteiger partial charge in [-0.3, -0.25) is 19.2 Å². The molecule has 2 aliphatic rings. The van der Waals surface area contributed by atoms with Gasteiger partial charge in [0.2, 0.25) is 23.0 Å². The number of piperidine rings is 2. The lowest BCUT2D eigenvalue weighted by Gasteiger charge is -2.32. The number of nitrogen functional groups attached to an aromatic ring is 1. The summed E-state index contributed by atoms with van der Waals surface area (Å²) in [5, 5.41) is 17.8. The Bertz CT molecular complexity index is 2880. The van der Waals surface area contributed by atoms with Crippen LogP contribution in [0.2, 0.25) is 10.0 Å². The molecule has 0 aliphatic carbocycles. The van der Waals surface area contributed by atoms with Gasteiger partial charge in [0.15, 0.2) is 0 Å². The molecule has 2 aromatic carbocycles. The summed E-state index contributed by atoms with van der Waals surface area (Å²) in [6.07, 6.45) is 11.9. The van der Waals surface area contributed by atoms with Gasteiger partial charge in [0.1, 0.15) is 11.5 Å². The van der Waals surface area contributed by atoms with Gasteiger partial charge >= 0.3 is 0 Å². The number of nitrogens with one attached hydrogen (secondary N) is 3. The van der Waals surface area contributed by atoms with Crippen LogP contribution in [0.25, 0.3) is 22.5 Å². The number of carbonyl (C=O) groups is 4. The number of benzene rings is 2.